The summed E-state index contributed by atoms with van der Waals surface area (Å²) in [5, 5.41) is 10.8. The number of benzene rings is 1. The Kier molecular flexibility index (Phi) is 3.65. The summed E-state index contributed by atoms with van der Waals surface area (Å²) in [6, 6.07) is 3.64. The van der Waals surface area contributed by atoms with Gasteiger partial charge in [0.25, 0.3) is 5.69 Å². The van der Waals surface area contributed by atoms with E-state index in [0.717, 1.165) is 6.07 Å². The van der Waals surface area contributed by atoms with Gasteiger partial charge in [-0.05, 0) is 38.0 Å². The number of alkyl halides is 3. The van der Waals surface area contributed by atoms with Crippen LogP contribution in [0.5, 0.6) is 0 Å². The van der Waals surface area contributed by atoms with Crippen LogP contribution in [-0.2, 0) is 16.4 Å². The van der Waals surface area contributed by atoms with Crippen LogP contribution >= 0.6 is 0 Å². The van der Waals surface area contributed by atoms with Crippen molar-refractivity contribution in [1.29, 1.82) is 0 Å². The predicted octanol–water partition coefficient (Wildman–Crippen LogP) is 4.15. The molecule has 4 nitrogen and oxygen atoms in total. The Morgan fingerprint density at radius 3 is 2.43 bits per heavy atom. The lowest BCUT2D eigenvalue weighted by Crippen LogP contribution is -2.49. The molecule has 2 rings (SSSR count). The van der Waals surface area contributed by atoms with Gasteiger partial charge in [-0.25, -0.2) is 0 Å². The molecule has 0 heterocycles. The van der Waals surface area contributed by atoms with Gasteiger partial charge >= 0.3 is 6.18 Å². The molecular formula is C13H16F3NO3Si. The molecule has 8 heteroatoms. The van der Waals surface area contributed by atoms with Crippen molar-refractivity contribution in [2.24, 2.45) is 0 Å². The van der Waals surface area contributed by atoms with Crippen molar-refractivity contribution in [3.8, 4) is 0 Å². The van der Waals surface area contributed by atoms with Gasteiger partial charge in [-0.3, -0.25) is 10.1 Å². The summed E-state index contributed by atoms with van der Waals surface area (Å²) in [5.74, 6) is 0. The predicted molar refractivity (Wildman–Crippen MR) is 73.6 cm³/mol. The van der Waals surface area contributed by atoms with Crippen LogP contribution in [0.15, 0.2) is 18.2 Å². The first-order valence-electron chi connectivity index (χ1n) is 6.51. The number of nitrogens with zero attached hydrogens (tertiary/aromatic N) is 1. The fourth-order valence-electron chi connectivity index (χ4n) is 2.70. The van der Waals surface area contributed by atoms with E-state index in [9.17, 15) is 23.3 Å². The number of nitro groups is 1. The normalized spacial score (nSPS) is 22.2. The molecule has 0 N–H and O–H groups in total. The van der Waals surface area contributed by atoms with Crippen molar-refractivity contribution in [3.05, 3.63) is 39.4 Å². The van der Waals surface area contributed by atoms with Crippen molar-refractivity contribution in [2.75, 3.05) is 0 Å². The van der Waals surface area contributed by atoms with Gasteiger partial charge in [0, 0.05) is 17.7 Å². The van der Waals surface area contributed by atoms with Crippen molar-refractivity contribution in [2.45, 2.75) is 44.3 Å². The van der Waals surface area contributed by atoms with E-state index in [1.807, 2.05) is 0 Å². The summed E-state index contributed by atoms with van der Waals surface area (Å²) in [6.45, 7) is 5.03. The average molecular weight is 319 g/mol. The van der Waals surface area contributed by atoms with Gasteiger partial charge in [0.2, 0.25) is 0 Å². The monoisotopic (exact) mass is 319 g/mol. The SMILES string of the molecule is C[Si](C)(C)OC1(C(F)(F)F)CCc2ccc([N+](=O)[O-])cc21. The summed E-state index contributed by atoms with van der Waals surface area (Å²) in [4.78, 5) is 10.2. The van der Waals surface area contributed by atoms with Crippen molar-refractivity contribution in [3.63, 3.8) is 0 Å². The van der Waals surface area contributed by atoms with E-state index in [-0.39, 0.29) is 24.1 Å². The van der Waals surface area contributed by atoms with Gasteiger partial charge in [0.15, 0.2) is 13.9 Å². The lowest BCUT2D eigenvalue weighted by molar-refractivity contribution is -0.385. The second kappa shape index (κ2) is 4.81. The van der Waals surface area contributed by atoms with E-state index in [4.69, 9.17) is 4.43 Å². The van der Waals surface area contributed by atoms with Gasteiger partial charge in [-0.1, -0.05) is 6.07 Å². The van der Waals surface area contributed by atoms with Crippen LogP contribution in [0.2, 0.25) is 19.6 Å². The molecule has 0 spiro atoms. The third-order valence-corrected chi connectivity index (χ3v) is 4.38. The Labute approximate surface area is 121 Å². The Morgan fingerprint density at radius 1 is 1.33 bits per heavy atom. The molecule has 1 aromatic carbocycles. The third-order valence-electron chi connectivity index (χ3n) is 3.42. The lowest BCUT2D eigenvalue weighted by Gasteiger charge is -2.38. The number of nitro benzene ring substituents is 1. The number of fused-ring (bicyclic) bond motifs is 1. The minimum atomic E-state index is -4.60. The standard InChI is InChI=1S/C13H16F3NO3Si/c1-21(2,3)20-12(13(14,15)16)7-6-9-4-5-10(17(18)19)8-11(9)12/h4-5,8H,6-7H2,1-3H3. The van der Waals surface area contributed by atoms with Crippen LogP contribution in [0.1, 0.15) is 17.5 Å². The molecule has 0 radical (unpaired) electrons. The van der Waals surface area contributed by atoms with Crippen LogP contribution < -0.4 is 0 Å². The largest absolute Gasteiger partial charge is 0.420 e. The molecule has 1 aliphatic rings. The molecule has 0 aliphatic heterocycles. The Balaban J connectivity index is 2.62. The molecular weight excluding hydrogens is 303 g/mol. The fraction of sp³-hybridized carbons (Fsp3) is 0.538. The van der Waals surface area contributed by atoms with E-state index < -0.39 is 25.0 Å². The zero-order valence-electron chi connectivity index (χ0n) is 12.0. The Hall–Kier alpha value is -1.41. The highest BCUT2D eigenvalue weighted by Gasteiger charge is 2.61. The molecule has 1 aromatic rings. The smallest absolute Gasteiger partial charge is 0.400 e. The quantitative estimate of drug-likeness (QED) is 0.478. The highest BCUT2D eigenvalue weighted by Crippen LogP contribution is 2.52. The number of aryl methyl sites for hydroxylation is 1. The van der Waals surface area contributed by atoms with Gasteiger partial charge in [-0.15, -0.1) is 0 Å². The van der Waals surface area contributed by atoms with Gasteiger partial charge in [0.1, 0.15) is 0 Å². The molecule has 1 unspecified atom stereocenters. The van der Waals surface area contributed by atoms with Crippen molar-refractivity contribution < 1.29 is 22.5 Å². The molecule has 1 aliphatic carbocycles. The zero-order valence-corrected chi connectivity index (χ0v) is 13.0. The minimum Gasteiger partial charge on any atom is -0.400 e. The Morgan fingerprint density at radius 2 is 1.95 bits per heavy atom. The summed E-state index contributed by atoms with van der Waals surface area (Å²) in [6.07, 6.45) is -4.62. The van der Waals surface area contributed by atoms with Crippen LogP contribution in [0, 0.1) is 10.1 Å². The molecule has 0 saturated carbocycles. The van der Waals surface area contributed by atoms with Gasteiger partial charge in [-0.2, -0.15) is 13.2 Å². The van der Waals surface area contributed by atoms with Crippen LogP contribution in [0.3, 0.4) is 0 Å². The second-order valence-electron chi connectivity index (χ2n) is 6.14. The number of hydrogen-bond donors (Lipinski definition) is 0. The first-order valence-corrected chi connectivity index (χ1v) is 9.92. The van der Waals surface area contributed by atoms with E-state index in [1.165, 1.54) is 12.1 Å². The molecule has 0 aromatic heterocycles. The number of hydrogen-bond acceptors (Lipinski definition) is 3. The Bertz CT molecular complexity index is 583. The van der Waals surface area contributed by atoms with E-state index >= 15 is 0 Å². The number of rotatable bonds is 3. The maximum absolute atomic E-state index is 13.7. The van der Waals surface area contributed by atoms with Crippen molar-refractivity contribution in [1.82, 2.24) is 0 Å². The summed E-state index contributed by atoms with van der Waals surface area (Å²) in [5.41, 5.74) is -2.40. The first-order chi connectivity index (χ1) is 9.46. The second-order valence-corrected chi connectivity index (χ2v) is 10.6. The van der Waals surface area contributed by atoms with Crippen LogP contribution in [0.25, 0.3) is 0 Å². The van der Waals surface area contributed by atoms with E-state index in [0.29, 0.717) is 5.56 Å². The highest BCUT2D eigenvalue weighted by molar-refractivity contribution is 6.69. The zero-order chi connectivity index (χ0) is 16.1. The topological polar surface area (TPSA) is 52.4 Å². The maximum Gasteiger partial charge on any atom is 0.420 e. The summed E-state index contributed by atoms with van der Waals surface area (Å²) in [7, 11) is -2.51. The summed E-state index contributed by atoms with van der Waals surface area (Å²) < 4.78 is 46.6. The number of halogens is 3. The molecule has 1 atom stereocenters. The third kappa shape index (κ3) is 2.82. The van der Waals surface area contributed by atoms with Crippen molar-refractivity contribution >= 4 is 14.0 Å². The van der Waals surface area contributed by atoms with Gasteiger partial charge in [0.05, 0.1) is 4.92 Å². The highest BCUT2D eigenvalue weighted by atomic mass is 28.4. The minimum absolute atomic E-state index is 0.105. The molecule has 21 heavy (non-hydrogen) atoms. The lowest BCUT2D eigenvalue weighted by atomic mass is 9.95. The first kappa shape index (κ1) is 16.0. The van der Waals surface area contributed by atoms with Crippen LogP contribution in [-0.4, -0.2) is 19.4 Å². The molecule has 0 bridgehead atoms. The molecule has 0 saturated heterocycles. The van der Waals surface area contributed by atoms with Crippen LogP contribution in [0.4, 0.5) is 18.9 Å². The summed E-state index contributed by atoms with van der Waals surface area (Å²) >= 11 is 0. The average Bonchev–Trinajstić information content (AvgIpc) is 2.66. The molecule has 0 amide bonds. The fourth-order valence-corrected chi connectivity index (χ4v) is 4.07. The number of non-ortho nitro benzene ring substituents is 1. The van der Waals surface area contributed by atoms with Gasteiger partial charge < -0.3 is 4.43 Å². The van der Waals surface area contributed by atoms with E-state index in [2.05, 4.69) is 0 Å². The molecule has 0 fully saturated rings. The maximum atomic E-state index is 13.7. The van der Waals surface area contributed by atoms with E-state index in [1.54, 1.807) is 19.6 Å². The molecule has 116 valence electrons.